The summed E-state index contributed by atoms with van der Waals surface area (Å²) in [7, 11) is -0.707. The fourth-order valence-corrected chi connectivity index (χ4v) is 5.79. The monoisotopic (exact) mass is 436 g/mol. The molecule has 160 valence electrons. The highest BCUT2D eigenvalue weighted by Gasteiger charge is 2.17. The molecule has 0 saturated heterocycles. The summed E-state index contributed by atoms with van der Waals surface area (Å²) < 4.78 is 0. The number of rotatable bonds is 6. The van der Waals surface area contributed by atoms with Crippen molar-refractivity contribution in [2.45, 2.75) is 26.9 Å². The predicted molar refractivity (Wildman–Crippen MR) is 140 cm³/mol. The molecule has 4 rings (SSSR count). The Balaban J connectivity index is 1.78. The van der Waals surface area contributed by atoms with Crippen LogP contribution in [0.4, 0.5) is 5.69 Å². The Morgan fingerprint density at radius 3 is 1.88 bits per heavy atom. The standard InChI is InChI=1S/C29H29N2P/c1-22-13-10-11-18-26(22)21-32(27-19-8-5-9-20-27)31-29(25-16-6-4-7-17-25)30-28-23(2)14-12-15-24(28)3/h4-20H,21H2,1-3H3,(H,30,31). The van der Waals surface area contributed by atoms with E-state index < -0.39 is 8.07 Å². The van der Waals surface area contributed by atoms with Gasteiger partial charge in [-0.05, 0) is 48.3 Å². The maximum absolute atomic E-state index is 5.18. The molecule has 1 atom stereocenters. The van der Waals surface area contributed by atoms with E-state index in [1.165, 1.54) is 27.6 Å². The van der Waals surface area contributed by atoms with Crippen molar-refractivity contribution >= 4 is 24.9 Å². The van der Waals surface area contributed by atoms with Gasteiger partial charge < -0.3 is 5.09 Å². The number of aliphatic imine (C=N–C) groups is 1. The maximum Gasteiger partial charge on any atom is 0.137 e. The van der Waals surface area contributed by atoms with E-state index in [2.05, 4.69) is 123 Å². The summed E-state index contributed by atoms with van der Waals surface area (Å²) in [5, 5.41) is 5.20. The summed E-state index contributed by atoms with van der Waals surface area (Å²) in [6, 6.07) is 36.2. The van der Waals surface area contributed by atoms with Gasteiger partial charge in [0.15, 0.2) is 0 Å². The molecule has 0 amide bonds. The lowest BCUT2D eigenvalue weighted by Gasteiger charge is -2.23. The number of benzene rings is 4. The van der Waals surface area contributed by atoms with Crippen molar-refractivity contribution in [3.05, 3.63) is 131 Å². The van der Waals surface area contributed by atoms with Gasteiger partial charge in [-0.2, -0.15) is 0 Å². The van der Waals surface area contributed by atoms with E-state index in [4.69, 9.17) is 4.99 Å². The molecule has 32 heavy (non-hydrogen) atoms. The van der Waals surface area contributed by atoms with Crippen molar-refractivity contribution in [1.82, 2.24) is 5.09 Å². The minimum absolute atomic E-state index is 0.707. The average Bonchev–Trinajstić information content (AvgIpc) is 2.82. The third-order valence-corrected chi connectivity index (χ3v) is 7.67. The highest BCUT2D eigenvalue weighted by Crippen LogP contribution is 2.36. The van der Waals surface area contributed by atoms with Gasteiger partial charge >= 0.3 is 0 Å². The largest absolute Gasteiger partial charge is 0.344 e. The van der Waals surface area contributed by atoms with Gasteiger partial charge in [0.2, 0.25) is 0 Å². The van der Waals surface area contributed by atoms with Crippen LogP contribution in [0.15, 0.2) is 108 Å². The van der Waals surface area contributed by atoms with Gasteiger partial charge in [-0.25, -0.2) is 4.99 Å². The van der Waals surface area contributed by atoms with Crippen molar-refractivity contribution in [2.75, 3.05) is 0 Å². The third-order valence-electron chi connectivity index (χ3n) is 5.61. The lowest BCUT2D eigenvalue weighted by atomic mass is 10.1. The van der Waals surface area contributed by atoms with Crippen LogP contribution >= 0.6 is 8.07 Å². The summed E-state index contributed by atoms with van der Waals surface area (Å²) >= 11 is 0. The second kappa shape index (κ2) is 10.4. The van der Waals surface area contributed by atoms with Crippen molar-refractivity contribution in [3.8, 4) is 0 Å². The first-order valence-corrected chi connectivity index (χ1v) is 12.5. The molecule has 4 aromatic rings. The molecule has 0 aromatic heterocycles. The summed E-state index contributed by atoms with van der Waals surface area (Å²) in [6.07, 6.45) is 0.949. The SMILES string of the molecule is Cc1ccccc1CP(NC(=Nc1c(C)cccc1C)c1ccccc1)c1ccccc1. The Morgan fingerprint density at radius 2 is 1.22 bits per heavy atom. The third kappa shape index (κ3) is 5.33. The first-order chi connectivity index (χ1) is 15.6. The molecule has 0 spiro atoms. The molecule has 0 saturated carbocycles. The summed E-state index contributed by atoms with van der Waals surface area (Å²) in [5.74, 6) is 0.923. The first-order valence-electron chi connectivity index (χ1n) is 11.0. The van der Waals surface area contributed by atoms with Crippen LogP contribution in [-0.4, -0.2) is 5.84 Å². The van der Waals surface area contributed by atoms with Crippen molar-refractivity contribution < 1.29 is 0 Å². The van der Waals surface area contributed by atoms with Crippen molar-refractivity contribution in [3.63, 3.8) is 0 Å². The van der Waals surface area contributed by atoms with Crippen LogP contribution in [0.1, 0.15) is 27.8 Å². The van der Waals surface area contributed by atoms with Gasteiger partial charge in [-0.3, -0.25) is 0 Å². The van der Waals surface area contributed by atoms with E-state index in [1.807, 2.05) is 6.07 Å². The first kappa shape index (κ1) is 22.0. The molecule has 3 heteroatoms. The molecule has 0 fully saturated rings. The molecule has 0 aliphatic heterocycles. The molecule has 1 unspecified atom stereocenters. The minimum atomic E-state index is -0.707. The molecule has 4 aromatic carbocycles. The number of nitrogens with zero attached hydrogens (tertiary/aromatic N) is 1. The smallest absolute Gasteiger partial charge is 0.137 e. The van der Waals surface area contributed by atoms with Crippen LogP contribution in [0.25, 0.3) is 0 Å². The van der Waals surface area contributed by atoms with E-state index >= 15 is 0 Å². The van der Waals surface area contributed by atoms with Crippen LogP contribution < -0.4 is 10.4 Å². The number of hydrogen-bond acceptors (Lipinski definition) is 1. The highest BCUT2D eigenvalue weighted by atomic mass is 31.1. The summed E-state index contributed by atoms with van der Waals surface area (Å²) in [6.45, 7) is 6.44. The fourth-order valence-electron chi connectivity index (χ4n) is 3.73. The molecule has 0 bridgehead atoms. The molecule has 0 aliphatic carbocycles. The van der Waals surface area contributed by atoms with Gasteiger partial charge in [0, 0.05) is 19.8 Å². The lowest BCUT2D eigenvalue weighted by molar-refractivity contribution is 1.26. The van der Waals surface area contributed by atoms with Gasteiger partial charge in [0.25, 0.3) is 0 Å². The van der Waals surface area contributed by atoms with Gasteiger partial charge in [0.1, 0.15) is 5.84 Å². The van der Waals surface area contributed by atoms with Crippen molar-refractivity contribution in [1.29, 1.82) is 0 Å². The zero-order valence-electron chi connectivity index (χ0n) is 18.9. The topological polar surface area (TPSA) is 24.4 Å². The molecular formula is C29H29N2P. The van der Waals surface area contributed by atoms with Gasteiger partial charge in [0.05, 0.1) is 5.69 Å². The highest BCUT2D eigenvalue weighted by molar-refractivity contribution is 7.63. The normalized spacial score (nSPS) is 12.4. The Hall–Kier alpha value is -3.22. The number of amidine groups is 1. The predicted octanol–water partition coefficient (Wildman–Crippen LogP) is 7.20. The second-order valence-electron chi connectivity index (χ2n) is 8.03. The van der Waals surface area contributed by atoms with Crippen molar-refractivity contribution in [2.24, 2.45) is 4.99 Å². The molecule has 1 N–H and O–H groups in total. The van der Waals surface area contributed by atoms with Gasteiger partial charge in [-0.1, -0.05) is 103 Å². The minimum Gasteiger partial charge on any atom is -0.344 e. The number of para-hydroxylation sites is 1. The Labute approximate surface area is 192 Å². The van der Waals surface area contributed by atoms with Crippen LogP contribution in [0, 0.1) is 20.8 Å². The van der Waals surface area contributed by atoms with E-state index in [0.717, 1.165) is 23.2 Å². The van der Waals surface area contributed by atoms with Crippen LogP contribution in [-0.2, 0) is 6.16 Å². The zero-order chi connectivity index (χ0) is 22.3. The van der Waals surface area contributed by atoms with Crippen LogP contribution in [0.2, 0.25) is 0 Å². The second-order valence-corrected chi connectivity index (χ2v) is 9.94. The molecule has 0 heterocycles. The summed E-state index contributed by atoms with van der Waals surface area (Å²) in [5.41, 5.74) is 7.20. The summed E-state index contributed by atoms with van der Waals surface area (Å²) in [4.78, 5) is 5.18. The Bertz CT molecular complexity index is 1180. The number of aryl methyl sites for hydroxylation is 3. The average molecular weight is 437 g/mol. The quantitative estimate of drug-likeness (QED) is 0.193. The van der Waals surface area contributed by atoms with Gasteiger partial charge in [-0.15, -0.1) is 0 Å². The van der Waals surface area contributed by atoms with E-state index in [0.29, 0.717) is 0 Å². The van der Waals surface area contributed by atoms with E-state index in [1.54, 1.807) is 0 Å². The molecular weight excluding hydrogens is 407 g/mol. The van der Waals surface area contributed by atoms with Crippen LogP contribution in [0.5, 0.6) is 0 Å². The molecule has 0 radical (unpaired) electrons. The van der Waals surface area contributed by atoms with Crippen LogP contribution in [0.3, 0.4) is 0 Å². The van der Waals surface area contributed by atoms with E-state index in [-0.39, 0.29) is 0 Å². The maximum atomic E-state index is 5.18. The number of nitrogens with one attached hydrogen (secondary N) is 1. The Morgan fingerprint density at radius 1 is 0.656 bits per heavy atom. The zero-order valence-corrected chi connectivity index (χ0v) is 19.8. The Kier molecular flexibility index (Phi) is 7.14. The lowest BCUT2D eigenvalue weighted by Crippen LogP contribution is -2.25. The fraction of sp³-hybridized carbons (Fsp3) is 0.138. The number of hydrogen-bond donors (Lipinski definition) is 1. The molecule has 0 aliphatic rings. The van der Waals surface area contributed by atoms with E-state index in [9.17, 15) is 0 Å². The molecule has 2 nitrogen and oxygen atoms in total.